The summed E-state index contributed by atoms with van der Waals surface area (Å²) in [4.78, 5) is 16.6. The smallest absolute Gasteiger partial charge is 0.227 e. The molecule has 2 aromatic rings. The van der Waals surface area contributed by atoms with Gasteiger partial charge in [0.2, 0.25) is 5.91 Å². The molecule has 0 aliphatic carbocycles. The number of piperidine rings is 1. The fraction of sp³-hybridized carbons (Fsp3) is 0.409. The summed E-state index contributed by atoms with van der Waals surface area (Å²) >= 11 is 0. The van der Waals surface area contributed by atoms with Crippen LogP contribution in [0.15, 0.2) is 54.6 Å². The van der Waals surface area contributed by atoms with Crippen LogP contribution in [0.4, 0.5) is 10.1 Å². The Balaban J connectivity index is 1.61. The summed E-state index contributed by atoms with van der Waals surface area (Å²) in [6, 6.07) is 17.2. The molecule has 1 aliphatic rings. The quantitative estimate of drug-likeness (QED) is 0.773. The van der Waals surface area contributed by atoms with Crippen molar-refractivity contribution >= 4 is 11.6 Å². The Bertz CT molecular complexity index is 711. The van der Waals surface area contributed by atoms with Gasteiger partial charge in [0.1, 0.15) is 5.82 Å². The molecule has 0 atom stereocenters. The maximum absolute atomic E-state index is 14.3. The molecule has 1 aliphatic heterocycles. The van der Waals surface area contributed by atoms with Gasteiger partial charge in [-0.05, 0) is 37.0 Å². The number of anilines is 1. The third-order valence-electron chi connectivity index (χ3n) is 5.16. The molecular weight excluding hydrogens is 327 g/mol. The molecular formula is C22H27FN2O. The Kier molecular flexibility index (Phi) is 6.40. The van der Waals surface area contributed by atoms with Gasteiger partial charge in [-0.25, -0.2) is 4.39 Å². The summed E-state index contributed by atoms with van der Waals surface area (Å²) in [7, 11) is 0. The molecule has 2 aromatic carbocycles. The van der Waals surface area contributed by atoms with Gasteiger partial charge in [0.05, 0.1) is 5.69 Å². The highest BCUT2D eigenvalue weighted by Gasteiger charge is 2.29. The lowest BCUT2D eigenvalue weighted by Gasteiger charge is -2.38. The Morgan fingerprint density at radius 2 is 1.73 bits per heavy atom. The summed E-state index contributed by atoms with van der Waals surface area (Å²) < 4.78 is 14.3. The van der Waals surface area contributed by atoms with E-state index in [-0.39, 0.29) is 17.8 Å². The van der Waals surface area contributed by atoms with Crippen molar-refractivity contribution in [2.45, 2.75) is 38.6 Å². The van der Waals surface area contributed by atoms with Crippen molar-refractivity contribution in [3.8, 4) is 0 Å². The molecule has 0 bridgehead atoms. The van der Waals surface area contributed by atoms with Crippen LogP contribution in [-0.4, -0.2) is 36.5 Å². The molecule has 0 N–H and O–H groups in total. The number of likely N-dealkylation sites (tertiary alicyclic amines) is 1. The fourth-order valence-electron chi connectivity index (χ4n) is 3.69. The Morgan fingerprint density at radius 1 is 1.08 bits per heavy atom. The Morgan fingerprint density at radius 3 is 2.38 bits per heavy atom. The van der Waals surface area contributed by atoms with Gasteiger partial charge in [0, 0.05) is 32.1 Å². The molecule has 0 unspecified atom stereocenters. The van der Waals surface area contributed by atoms with E-state index in [1.165, 1.54) is 11.6 Å². The third kappa shape index (κ3) is 4.50. The van der Waals surface area contributed by atoms with Gasteiger partial charge >= 0.3 is 0 Å². The summed E-state index contributed by atoms with van der Waals surface area (Å²) in [5.74, 6) is -0.321. The third-order valence-corrected chi connectivity index (χ3v) is 5.16. The van der Waals surface area contributed by atoms with Crippen molar-refractivity contribution in [3.63, 3.8) is 0 Å². The highest BCUT2D eigenvalue weighted by Crippen LogP contribution is 2.27. The fourth-order valence-corrected chi connectivity index (χ4v) is 3.69. The van der Waals surface area contributed by atoms with E-state index < -0.39 is 0 Å². The number of halogens is 1. The first-order chi connectivity index (χ1) is 12.7. The highest BCUT2D eigenvalue weighted by atomic mass is 19.1. The van der Waals surface area contributed by atoms with Gasteiger partial charge in [0.25, 0.3) is 0 Å². The van der Waals surface area contributed by atoms with Crippen LogP contribution in [0.2, 0.25) is 0 Å². The largest absolute Gasteiger partial charge is 0.306 e. The molecule has 0 spiro atoms. The zero-order valence-corrected chi connectivity index (χ0v) is 15.4. The van der Waals surface area contributed by atoms with Gasteiger partial charge in [-0.1, -0.05) is 49.4 Å². The van der Waals surface area contributed by atoms with E-state index in [9.17, 15) is 9.18 Å². The number of amides is 1. The molecule has 0 aromatic heterocycles. The van der Waals surface area contributed by atoms with E-state index >= 15 is 0 Å². The second-order valence-corrected chi connectivity index (χ2v) is 6.88. The molecule has 1 saturated heterocycles. The van der Waals surface area contributed by atoms with Crippen LogP contribution in [0.1, 0.15) is 31.7 Å². The number of hydrogen-bond donors (Lipinski definition) is 0. The average Bonchev–Trinajstić information content (AvgIpc) is 2.69. The normalized spacial score (nSPS) is 15.8. The molecule has 1 amide bonds. The first-order valence-electron chi connectivity index (χ1n) is 9.52. The first-order valence-corrected chi connectivity index (χ1v) is 9.52. The number of hydrogen-bond acceptors (Lipinski definition) is 2. The van der Waals surface area contributed by atoms with Crippen LogP contribution in [0.5, 0.6) is 0 Å². The molecule has 0 radical (unpaired) electrons. The lowest BCUT2D eigenvalue weighted by Crippen LogP contribution is -2.48. The number of benzene rings is 2. The molecule has 4 heteroatoms. The number of rotatable bonds is 6. The Labute approximate surface area is 155 Å². The maximum Gasteiger partial charge on any atom is 0.227 e. The molecule has 1 heterocycles. The average molecular weight is 354 g/mol. The van der Waals surface area contributed by atoms with Crippen molar-refractivity contribution in [1.29, 1.82) is 0 Å². The predicted octanol–water partition coefficient (Wildman–Crippen LogP) is 4.28. The van der Waals surface area contributed by atoms with E-state index in [1.807, 2.05) is 13.0 Å². The van der Waals surface area contributed by atoms with Gasteiger partial charge < -0.3 is 9.80 Å². The number of carbonyl (C=O) groups is 1. The van der Waals surface area contributed by atoms with Crippen LogP contribution in [0, 0.1) is 5.82 Å². The molecule has 26 heavy (non-hydrogen) atoms. The minimum Gasteiger partial charge on any atom is -0.306 e. The van der Waals surface area contributed by atoms with Crippen LogP contribution in [0.25, 0.3) is 0 Å². The molecule has 138 valence electrons. The monoisotopic (exact) mass is 354 g/mol. The topological polar surface area (TPSA) is 23.6 Å². The minimum atomic E-state index is -0.319. The van der Waals surface area contributed by atoms with Crippen molar-refractivity contribution < 1.29 is 9.18 Å². The zero-order chi connectivity index (χ0) is 18.4. The van der Waals surface area contributed by atoms with E-state index in [1.54, 1.807) is 23.1 Å². The zero-order valence-electron chi connectivity index (χ0n) is 15.4. The van der Waals surface area contributed by atoms with E-state index in [2.05, 4.69) is 29.2 Å². The van der Waals surface area contributed by atoms with Crippen molar-refractivity contribution in [1.82, 2.24) is 4.90 Å². The molecule has 0 saturated carbocycles. The summed E-state index contributed by atoms with van der Waals surface area (Å²) in [5.41, 5.74) is 1.77. The number of carbonyl (C=O) groups excluding carboxylic acids is 1. The molecule has 1 fully saturated rings. The second-order valence-electron chi connectivity index (χ2n) is 6.88. The number of para-hydroxylation sites is 1. The van der Waals surface area contributed by atoms with Crippen molar-refractivity contribution in [2.24, 2.45) is 0 Å². The predicted molar refractivity (Wildman–Crippen MR) is 104 cm³/mol. The Hall–Kier alpha value is -2.20. The molecule has 3 rings (SSSR count). The van der Waals surface area contributed by atoms with Crippen LogP contribution in [0.3, 0.4) is 0 Å². The van der Waals surface area contributed by atoms with Crippen molar-refractivity contribution in [3.05, 3.63) is 66.0 Å². The standard InChI is InChI=1S/C22H27FN2O/c1-2-22(26)25(21-11-7-6-10-20(21)23)19-13-16-24(17-14-19)15-12-18-8-4-3-5-9-18/h3-11,19H,2,12-17H2,1H3. The van der Waals surface area contributed by atoms with E-state index in [4.69, 9.17) is 0 Å². The lowest BCUT2D eigenvalue weighted by molar-refractivity contribution is -0.119. The van der Waals surface area contributed by atoms with Crippen molar-refractivity contribution in [2.75, 3.05) is 24.5 Å². The highest BCUT2D eigenvalue weighted by molar-refractivity contribution is 5.93. The maximum atomic E-state index is 14.3. The van der Waals surface area contributed by atoms with E-state index in [0.29, 0.717) is 12.1 Å². The second kappa shape index (κ2) is 8.95. The van der Waals surface area contributed by atoms with Crippen LogP contribution in [-0.2, 0) is 11.2 Å². The lowest BCUT2D eigenvalue weighted by atomic mass is 10.0. The summed E-state index contributed by atoms with van der Waals surface area (Å²) in [6.45, 7) is 4.75. The van der Waals surface area contributed by atoms with Gasteiger partial charge in [-0.15, -0.1) is 0 Å². The van der Waals surface area contributed by atoms with Gasteiger partial charge in [-0.3, -0.25) is 4.79 Å². The number of nitrogens with zero attached hydrogens (tertiary/aromatic N) is 2. The van der Waals surface area contributed by atoms with Crippen LogP contribution < -0.4 is 4.90 Å². The SMILES string of the molecule is CCC(=O)N(c1ccccc1F)C1CCN(CCc2ccccc2)CC1. The summed E-state index contributed by atoms with van der Waals surface area (Å²) in [5, 5.41) is 0. The van der Waals surface area contributed by atoms with Crippen LogP contribution >= 0.6 is 0 Å². The summed E-state index contributed by atoms with van der Waals surface area (Å²) in [6.07, 6.45) is 3.20. The molecule has 3 nitrogen and oxygen atoms in total. The first kappa shape index (κ1) is 18.6. The van der Waals surface area contributed by atoms with E-state index in [0.717, 1.165) is 38.9 Å². The van der Waals surface area contributed by atoms with Gasteiger partial charge in [-0.2, -0.15) is 0 Å². The minimum absolute atomic E-state index is 0.00200. The van der Waals surface area contributed by atoms with Gasteiger partial charge in [0.15, 0.2) is 0 Å².